The Morgan fingerprint density at radius 3 is 2.64 bits per heavy atom. The fraction of sp³-hybridized carbons (Fsp3) is 0.387. The summed E-state index contributed by atoms with van der Waals surface area (Å²) < 4.78 is 17.7. The van der Waals surface area contributed by atoms with Gasteiger partial charge in [0.15, 0.2) is 0 Å². The van der Waals surface area contributed by atoms with Crippen LogP contribution in [-0.2, 0) is 19.1 Å². The number of rotatable bonds is 11. The summed E-state index contributed by atoms with van der Waals surface area (Å²) in [5.41, 5.74) is 9.53. The number of ether oxygens (including phenoxy) is 1. The second-order valence-corrected chi connectivity index (χ2v) is 10.6. The predicted molar refractivity (Wildman–Crippen MR) is 170 cm³/mol. The number of likely N-dealkylation sites (tertiary alicyclic amines) is 1. The Bertz CT molecular complexity index is 1440. The Hall–Kier alpha value is -4.29. The van der Waals surface area contributed by atoms with Gasteiger partial charge in [-0.25, -0.2) is 14.4 Å². The molecule has 2 aliphatic heterocycles. The molecule has 1 aromatic heterocycles. The molecule has 236 valence electrons. The van der Waals surface area contributed by atoms with Crippen LogP contribution in [0.2, 0.25) is 5.02 Å². The van der Waals surface area contributed by atoms with Crippen molar-refractivity contribution in [2.45, 2.75) is 46.5 Å². The molecule has 1 aromatic carbocycles. The molecular formula is C31H39ClFN7O4. The van der Waals surface area contributed by atoms with Gasteiger partial charge in [0, 0.05) is 30.9 Å². The number of hydrogen-bond acceptors (Lipinski definition) is 9. The van der Waals surface area contributed by atoms with Crippen LogP contribution >= 0.6 is 11.6 Å². The van der Waals surface area contributed by atoms with E-state index in [2.05, 4.69) is 35.6 Å². The highest BCUT2D eigenvalue weighted by Crippen LogP contribution is 2.37. The van der Waals surface area contributed by atoms with Gasteiger partial charge in [-0.05, 0) is 82.1 Å². The van der Waals surface area contributed by atoms with Crippen LogP contribution in [0.3, 0.4) is 0 Å². The van der Waals surface area contributed by atoms with Crippen LogP contribution in [0.5, 0.6) is 0 Å². The molecule has 3 heterocycles. The van der Waals surface area contributed by atoms with Crippen LogP contribution in [0.25, 0.3) is 5.57 Å². The first kappa shape index (κ1) is 34.2. The van der Waals surface area contributed by atoms with Gasteiger partial charge < -0.3 is 31.3 Å². The van der Waals surface area contributed by atoms with Crippen LogP contribution < -0.4 is 21.7 Å². The minimum Gasteiger partial charge on any atom is -0.468 e. The lowest BCUT2D eigenvalue weighted by atomic mass is 10.0. The number of allylic oxidation sites excluding steroid dienone is 3. The summed E-state index contributed by atoms with van der Waals surface area (Å²) in [7, 11) is 0. The van der Waals surface area contributed by atoms with Gasteiger partial charge in [-0.2, -0.15) is 0 Å². The molecule has 2 amide bonds. The maximum Gasteiger partial charge on any atom is 0.293 e. The van der Waals surface area contributed by atoms with E-state index < -0.39 is 5.82 Å². The zero-order chi connectivity index (χ0) is 32.1. The van der Waals surface area contributed by atoms with Crippen molar-refractivity contribution in [3.63, 3.8) is 0 Å². The Labute approximate surface area is 261 Å². The second-order valence-electron chi connectivity index (χ2n) is 10.2. The minimum absolute atomic E-state index is 0.0450. The SMILES string of the molecule is CC(=C(N)\C=C1/C(=O)Nc2ncnc(Nc3ccc(F)c(Cl)c3)c21)/C(C)=C/CC(=O)NCCN1CCCCC1.CCOC=O. The lowest BCUT2D eigenvalue weighted by Crippen LogP contribution is -2.37. The van der Waals surface area contributed by atoms with Crippen molar-refractivity contribution in [1.29, 1.82) is 0 Å². The smallest absolute Gasteiger partial charge is 0.293 e. The summed E-state index contributed by atoms with van der Waals surface area (Å²) in [5.74, 6) is -0.300. The van der Waals surface area contributed by atoms with E-state index in [0.717, 1.165) is 30.8 Å². The van der Waals surface area contributed by atoms with Crippen molar-refractivity contribution in [3.8, 4) is 0 Å². The maximum atomic E-state index is 13.6. The van der Waals surface area contributed by atoms with Gasteiger partial charge in [-0.1, -0.05) is 24.1 Å². The van der Waals surface area contributed by atoms with Gasteiger partial charge in [0.25, 0.3) is 12.4 Å². The van der Waals surface area contributed by atoms with Gasteiger partial charge in [-0.15, -0.1) is 0 Å². The average Bonchev–Trinajstić information content (AvgIpc) is 3.33. The lowest BCUT2D eigenvalue weighted by molar-refractivity contribution is -0.128. The van der Waals surface area contributed by atoms with E-state index in [1.165, 1.54) is 43.8 Å². The number of amides is 2. The Morgan fingerprint density at radius 1 is 1.23 bits per heavy atom. The van der Waals surface area contributed by atoms with Gasteiger partial charge in [0.05, 0.1) is 22.8 Å². The van der Waals surface area contributed by atoms with Gasteiger partial charge in [0.1, 0.15) is 23.8 Å². The fourth-order valence-corrected chi connectivity index (χ4v) is 4.71. The highest BCUT2D eigenvalue weighted by atomic mass is 35.5. The fourth-order valence-electron chi connectivity index (χ4n) is 4.53. The third-order valence-corrected chi connectivity index (χ3v) is 7.42. The molecule has 44 heavy (non-hydrogen) atoms. The number of nitrogens with zero attached hydrogens (tertiary/aromatic N) is 3. The summed E-state index contributed by atoms with van der Waals surface area (Å²) >= 11 is 5.90. The largest absolute Gasteiger partial charge is 0.468 e. The third-order valence-electron chi connectivity index (χ3n) is 7.13. The van der Waals surface area contributed by atoms with Gasteiger partial charge in [-0.3, -0.25) is 14.4 Å². The zero-order valence-electron chi connectivity index (χ0n) is 25.2. The first-order chi connectivity index (χ1) is 21.1. The molecule has 1 saturated heterocycles. The number of nitrogens with two attached hydrogens (primary N) is 1. The molecule has 11 nitrogen and oxygen atoms in total. The van der Waals surface area contributed by atoms with Crippen LogP contribution in [0.15, 0.2) is 53.5 Å². The molecule has 0 atom stereocenters. The Morgan fingerprint density at radius 2 is 1.98 bits per heavy atom. The average molecular weight is 628 g/mol. The molecule has 13 heteroatoms. The molecule has 5 N–H and O–H groups in total. The summed E-state index contributed by atoms with van der Waals surface area (Å²) in [5, 5.41) is 8.71. The monoisotopic (exact) mass is 627 g/mol. The number of nitrogens with one attached hydrogen (secondary N) is 3. The summed E-state index contributed by atoms with van der Waals surface area (Å²) in [6.45, 7) is 10.1. The molecule has 1 fully saturated rings. The molecule has 0 unspecified atom stereocenters. The Kier molecular flexibility index (Phi) is 13.3. The summed E-state index contributed by atoms with van der Waals surface area (Å²) in [4.78, 5) is 45.1. The number of aromatic nitrogens is 2. The van der Waals surface area contributed by atoms with Crippen molar-refractivity contribution < 1.29 is 23.5 Å². The highest BCUT2D eigenvalue weighted by molar-refractivity contribution is 6.33. The molecule has 0 bridgehead atoms. The van der Waals surface area contributed by atoms with E-state index in [0.29, 0.717) is 48.2 Å². The van der Waals surface area contributed by atoms with Crippen LogP contribution in [0.1, 0.15) is 52.0 Å². The maximum absolute atomic E-state index is 13.6. The molecule has 2 aromatic rings. The van der Waals surface area contributed by atoms with Crippen LogP contribution in [0, 0.1) is 5.82 Å². The van der Waals surface area contributed by atoms with E-state index in [1.54, 1.807) is 13.0 Å². The van der Waals surface area contributed by atoms with Crippen molar-refractivity contribution in [2.75, 3.05) is 43.4 Å². The molecule has 0 spiro atoms. The standard InChI is InChI=1S/C28H33ClFN7O2.C3H6O2/c1-17(6-9-24(38)32-10-13-37-11-4-3-5-12-37)18(2)23(31)15-20-25-26(33-16-34-27(25)36-28(20)39)35-19-7-8-22(30)21(29)14-19;1-2-5-3-4/h6-8,14-16H,3-5,9-13,31H2,1-2H3,(H,32,38)(H2,33,34,35,36,39);3H,2H2,1H3/b17-6+,20-15-,23-18-;. The summed E-state index contributed by atoms with van der Waals surface area (Å²) in [6, 6.07) is 4.18. The Balaban J connectivity index is 0.000000978. The normalized spacial score (nSPS) is 16.2. The molecule has 0 saturated carbocycles. The lowest BCUT2D eigenvalue weighted by Gasteiger charge is -2.26. The number of carbonyl (C=O) groups is 3. The highest BCUT2D eigenvalue weighted by Gasteiger charge is 2.29. The number of carbonyl (C=O) groups excluding carboxylic acids is 3. The topological polar surface area (TPSA) is 152 Å². The number of hydrogen-bond donors (Lipinski definition) is 4. The number of piperidine rings is 1. The van der Waals surface area contributed by atoms with Crippen LogP contribution in [-0.4, -0.2) is 65.9 Å². The van der Waals surface area contributed by atoms with Crippen molar-refractivity contribution in [3.05, 3.63) is 69.9 Å². The number of anilines is 3. The number of halogens is 2. The number of benzene rings is 1. The van der Waals surface area contributed by atoms with E-state index >= 15 is 0 Å². The van der Waals surface area contributed by atoms with Crippen molar-refractivity contribution >= 4 is 52.8 Å². The molecule has 0 aliphatic carbocycles. The van der Waals surface area contributed by atoms with E-state index in [-0.39, 0.29) is 28.8 Å². The van der Waals surface area contributed by atoms with Gasteiger partial charge >= 0.3 is 0 Å². The van der Waals surface area contributed by atoms with Crippen molar-refractivity contribution in [1.82, 2.24) is 20.2 Å². The first-order valence-corrected chi connectivity index (χ1v) is 14.8. The summed E-state index contributed by atoms with van der Waals surface area (Å²) in [6.07, 6.45) is 8.67. The quantitative estimate of drug-likeness (QED) is 0.158. The zero-order valence-corrected chi connectivity index (χ0v) is 26.0. The molecular weight excluding hydrogens is 589 g/mol. The van der Waals surface area contributed by atoms with Gasteiger partial charge in [0.2, 0.25) is 5.91 Å². The van der Waals surface area contributed by atoms with Crippen molar-refractivity contribution in [2.24, 2.45) is 5.73 Å². The number of fused-ring (bicyclic) bond motifs is 1. The molecule has 4 rings (SSSR count). The minimum atomic E-state index is -0.542. The molecule has 2 aliphatic rings. The van der Waals surface area contributed by atoms with E-state index in [1.807, 2.05) is 19.9 Å². The van der Waals surface area contributed by atoms with E-state index in [9.17, 15) is 18.8 Å². The predicted octanol–water partition coefficient (Wildman–Crippen LogP) is 4.70. The first-order valence-electron chi connectivity index (χ1n) is 14.4. The van der Waals surface area contributed by atoms with E-state index in [4.69, 9.17) is 17.3 Å². The third kappa shape index (κ3) is 9.88. The molecule has 0 radical (unpaired) electrons. The van der Waals surface area contributed by atoms with Crippen LogP contribution in [0.4, 0.5) is 21.7 Å². The second kappa shape index (κ2) is 17.1.